The normalized spacial score (nSPS) is 19.1. The zero-order valence-corrected chi connectivity index (χ0v) is 16.2. The number of amides is 2. The van der Waals surface area contributed by atoms with Crippen molar-refractivity contribution in [1.29, 1.82) is 0 Å². The second-order valence-corrected chi connectivity index (χ2v) is 8.98. The highest BCUT2D eigenvalue weighted by Crippen LogP contribution is 2.24. The Balaban J connectivity index is 1.47. The van der Waals surface area contributed by atoms with Crippen LogP contribution in [0.15, 0.2) is 21.6 Å². The highest BCUT2D eigenvalue weighted by atomic mass is 32.2. The number of nitrogens with zero attached hydrogens (tertiary/aromatic N) is 1. The molecule has 1 saturated carbocycles. The molecule has 1 aromatic rings. The number of piperidine rings is 1. The molecule has 8 nitrogen and oxygen atoms in total. The summed E-state index contributed by atoms with van der Waals surface area (Å²) in [6.45, 7) is 1.55. The van der Waals surface area contributed by atoms with E-state index in [0.717, 1.165) is 44.9 Å². The summed E-state index contributed by atoms with van der Waals surface area (Å²) in [6, 6.07) is 2.68. The Labute approximate surface area is 159 Å². The highest BCUT2D eigenvalue weighted by Gasteiger charge is 2.29. The van der Waals surface area contributed by atoms with Gasteiger partial charge in [0.15, 0.2) is 5.76 Å². The predicted octanol–water partition coefficient (Wildman–Crippen LogP) is 1.49. The smallest absolute Gasteiger partial charge is 0.287 e. The average Bonchev–Trinajstić information content (AvgIpc) is 3.38. The van der Waals surface area contributed by atoms with Gasteiger partial charge in [-0.1, -0.05) is 19.3 Å². The van der Waals surface area contributed by atoms with E-state index in [4.69, 9.17) is 4.42 Å². The molecule has 0 bridgehead atoms. The zero-order valence-electron chi connectivity index (χ0n) is 15.4. The fourth-order valence-electron chi connectivity index (χ4n) is 3.59. The molecule has 2 N–H and O–H groups in total. The molecule has 9 heteroatoms. The summed E-state index contributed by atoms with van der Waals surface area (Å²) in [5, 5.41) is 5.25. The van der Waals surface area contributed by atoms with E-state index in [0.29, 0.717) is 19.6 Å². The first-order chi connectivity index (χ1) is 13.0. The minimum atomic E-state index is -3.69. The molecule has 2 amide bonds. The van der Waals surface area contributed by atoms with Gasteiger partial charge in [0.05, 0.1) is 0 Å². The Morgan fingerprint density at radius 1 is 1.00 bits per heavy atom. The van der Waals surface area contributed by atoms with Gasteiger partial charge in [-0.3, -0.25) is 9.59 Å². The third kappa shape index (κ3) is 4.90. The first-order valence-electron chi connectivity index (χ1n) is 9.64. The standard InChI is InChI=1S/C18H27N3O5S/c22-17(14-6-2-3-7-14)19-10-11-20-18(23)15-8-9-16(26-15)27(24,25)21-12-4-1-5-13-21/h8-9,14H,1-7,10-13H2,(H,19,22)(H,20,23). The Bertz CT molecular complexity index is 762. The summed E-state index contributed by atoms with van der Waals surface area (Å²) in [5.41, 5.74) is 0. The number of sulfonamides is 1. The molecule has 0 atom stereocenters. The van der Waals surface area contributed by atoms with Crippen molar-refractivity contribution in [3.63, 3.8) is 0 Å². The minimum absolute atomic E-state index is 0.0367. The number of hydrogen-bond acceptors (Lipinski definition) is 5. The van der Waals surface area contributed by atoms with E-state index >= 15 is 0 Å². The fraction of sp³-hybridized carbons (Fsp3) is 0.667. The molecule has 2 fully saturated rings. The van der Waals surface area contributed by atoms with Crippen LogP contribution in [-0.4, -0.2) is 50.7 Å². The number of carbonyl (C=O) groups is 2. The van der Waals surface area contributed by atoms with Crippen LogP contribution in [0.1, 0.15) is 55.5 Å². The quantitative estimate of drug-likeness (QED) is 0.678. The van der Waals surface area contributed by atoms with Gasteiger partial charge in [0, 0.05) is 32.1 Å². The van der Waals surface area contributed by atoms with Crippen LogP contribution in [0.5, 0.6) is 0 Å². The Kier molecular flexibility index (Phi) is 6.54. The second-order valence-electron chi connectivity index (χ2n) is 7.11. The maximum absolute atomic E-state index is 12.5. The van der Waals surface area contributed by atoms with Crippen molar-refractivity contribution in [2.24, 2.45) is 5.92 Å². The molecule has 0 unspecified atom stereocenters. The van der Waals surface area contributed by atoms with Crippen molar-refractivity contribution in [1.82, 2.24) is 14.9 Å². The molecule has 1 aliphatic carbocycles. The van der Waals surface area contributed by atoms with Crippen LogP contribution in [0, 0.1) is 5.92 Å². The summed E-state index contributed by atoms with van der Waals surface area (Å²) in [5.74, 6) is -0.416. The lowest BCUT2D eigenvalue weighted by Crippen LogP contribution is -2.37. The highest BCUT2D eigenvalue weighted by molar-refractivity contribution is 7.89. The van der Waals surface area contributed by atoms with Crippen molar-refractivity contribution in [2.75, 3.05) is 26.2 Å². The van der Waals surface area contributed by atoms with Crippen molar-refractivity contribution < 1.29 is 22.4 Å². The maximum atomic E-state index is 12.5. The Morgan fingerprint density at radius 2 is 1.67 bits per heavy atom. The number of rotatable bonds is 7. The summed E-state index contributed by atoms with van der Waals surface area (Å²) < 4.78 is 31.8. The lowest BCUT2D eigenvalue weighted by Gasteiger charge is -2.24. The SMILES string of the molecule is O=C(NCCNC(=O)C1CCCC1)c1ccc(S(=O)(=O)N2CCCCC2)o1. The van der Waals surface area contributed by atoms with Gasteiger partial charge in [-0.2, -0.15) is 4.31 Å². The van der Waals surface area contributed by atoms with Crippen LogP contribution in [0.2, 0.25) is 0 Å². The van der Waals surface area contributed by atoms with Gasteiger partial charge in [0.1, 0.15) is 0 Å². The van der Waals surface area contributed by atoms with Gasteiger partial charge in [0.25, 0.3) is 15.9 Å². The van der Waals surface area contributed by atoms with E-state index in [-0.39, 0.29) is 29.2 Å². The van der Waals surface area contributed by atoms with Crippen molar-refractivity contribution in [3.8, 4) is 0 Å². The van der Waals surface area contributed by atoms with Gasteiger partial charge in [-0.15, -0.1) is 0 Å². The molecule has 0 aromatic carbocycles. The van der Waals surface area contributed by atoms with Crippen molar-refractivity contribution in [2.45, 2.75) is 50.0 Å². The van der Waals surface area contributed by atoms with Crippen LogP contribution in [0.3, 0.4) is 0 Å². The van der Waals surface area contributed by atoms with Crippen LogP contribution >= 0.6 is 0 Å². The number of hydrogen-bond donors (Lipinski definition) is 2. The van der Waals surface area contributed by atoms with Crippen LogP contribution in [-0.2, 0) is 14.8 Å². The molecule has 3 rings (SSSR count). The lowest BCUT2D eigenvalue weighted by molar-refractivity contribution is -0.124. The number of carbonyl (C=O) groups excluding carboxylic acids is 2. The Morgan fingerprint density at radius 3 is 2.37 bits per heavy atom. The maximum Gasteiger partial charge on any atom is 0.287 e. The molecular formula is C18H27N3O5S. The molecule has 1 aromatic heterocycles. The topological polar surface area (TPSA) is 109 Å². The van der Waals surface area contributed by atoms with Gasteiger partial charge in [0.2, 0.25) is 11.0 Å². The minimum Gasteiger partial charge on any atom is -0.438 e. The van der Waals surface area contributed by atoms with Gasteiger partial charge < -0.3 is 15.1 Å². The third-order valence-corrected chi connectivity index (χ3v) is 6.92. The van der Waals surface area contributed by atoms with E-state index < -0.39 is 15.9 Å². The van der Waals surface area contributed by atoms with E-state index in [1.807, 2.05) is 0 Å². The first-order valence-corrected chi connectivity index (χ1v) is 11.1. The van der Waals surface area contributed by atoms with Gasteiger partial charge in [-0.05, 0) is 37.8 Å². The molecule has 0 spiro atoms. The molecule has 27 heavy (non-hydrogen) atoms. The average molecular weight is 397 g/mol. The molecule has 150 valence electrons. The summed E-state index contributed by atoms with van der Waals surface area (Å²) >= 11 is 0. The summed E-state index contributed by atoms with van der Waals surface area (Å²) in [4.78, 5) is 24.0. The third-order valence-electron chi connectivity index (χ3n) is 5.15. The molecule has 2 heterocycles. The zero-order chi connectivity index (χ0) is 19.3. The molecule has 0 radical (unpaired) electrons. The van der Waals surface area contributed by atoms with E-state index in [1.54, 1.807) is 0 Å². The molecule has 1 saturated heterocycles. The molecular weight excluding hydrogens is 370 g/mol. The van der Waals surface area contributed by atoms with Gasteiger partial charge >= 0.3 is 0 Å². The van der Waals surface area contributed by atoms with Crippen LogP contribution < -0.4 is 10.6 Å². The van der Waals surface area contributed by atoms with Crippen molar-refractivity contribution in [3.05, 3.63) is 17.9 Å². The lowest BCUT2D eigenvalue weighted by atomic mass is 10.1. The molecule has 2 aliphatic rings. The van der Waals surface area contributed by atoms with E-state index in [2.05, 4.69) is 10.6 Å². The summed E-state index contributed by atoms with van der Waals surface area (Å²) in [7, 11) is -3.69. The van der Waals surface area contributed by atoms with Crippen LogP contribution in [0.4, 0.5) is 0 Å². The van der Waals surface area contributed by atoms with Crippen molar-refractivity contribution >= 4 is 21.8 Å². The first kappa shape index (κ1) is 19.9. The number of nitrogens with one attached hydrogen (secondary N) is 2. The molecule has 1 aliphatic heterocycles. The van der Waals surface area contributed by atoms with Crippen LogP contribution in [0.25, 0.3) is 0 Å². The monoisotopic (exact) mass is 397 g/mol. The largest absolute Gasteiger partial charge is 0.438 e. The van der Waals surface area contributed by atoms with E-state index in [9.17, 15) is 18.0 Å². The Hall–Kier alpha value is -1.87. The van der Waals surface area contributed by atoms with E-state index in [1.165, 1.54) is 16.4 Å². The number of furan rings is 1. The summed E-state index contributed by atoms with van der Waals surface area (Å²) in [6.07, 6.45) is 6.73. The second kappa shape index (κ2) is 8.88. The fourth-order valence-corrected chi connectivity index (χ4v) is 5.02. The van der Waals surface area contributed by atoms with Gasteiger partial charge in [-0.25, -0.2) is 8.42 Å². The predicted molar refractivity (Wildman–Crippen MR) is 98.6 cm³/mol.